The average Bonchev–Trinajstić information content (AvgIpc) is 2.34. The number of ether oxygens (including phenoxy) is 4. The Labute approximate surface area is 103 Å². The van der Waals surface area contributed by atoms with Gasteiger partial charge in [-0.25, -0.2) is 4.79 Å². The van der Waals surface area contributed by atoms with Crippen molar-refractivity contribution < 1.29 is 23.7 Å². The molecule has 0 aromatic rings. The Morgan fingerprint density at radius 3 is 2.41 bits per heavy atom. The first kappa shape index (κ1) is 16.2. The van der Waals surface area contributed by atoms with Gasteiger partial charge in [0.25, 0.3) is 0 Å². The summed E-state index contributed by atoms with van der Waals surface area (Å²) in [7, 11) is 1.65. The second-order valence-corrected chi connectivity index (χ2v) is 3.64. The lowest BCUT2D eigenvalue weighted by atomic mass is 10.3. The van der Waals surface area contributed by atoms with Crippen LogP contribution in [0.3, 0.4) is 0 Å². The molecule has 0 fully saturated rings. The molecule has 0 N–H and O–H groups in total. The van der Waals surface area contributed by atoms with Crippen LogP contribution in [0.4, 0.5) is 4.79 Å². The van der Waals surface area contributed by atoms with Crippen LogP contribution in [0.5, 0.6) is 0 Å². The summed E-state index contributed by atoms with van der Waals surface area (Å²) in [6.07, 6.45) is 2.23. The average molecular weight is 248 g/mol. The number of rotatable bonds is 10. The summed E-state index contributed by atoms with van der Waals surface area (Å²) in [5.74, 6) is 0. The van der Waals surface area contributed by atoms with Crippen LogP contribution in [0.25, 0.3) is 0 Å². The van der Waals surface area contributed by atoms with Gasteiger partial charge in [0.05, 0.1) is 25.9 Å². The van der Waals surface area contributed by atoms with Crippen LogP contribution in [-0.4, -0.2) is 45.8 Å². The van der Waals surface area contributed by atoms with E-state index in [2.05, 4.69) is 0 Å². The van der Waals surface area contributed by atoms with Crippen LogP contribution in [-0.2, 0) is 18.9 Å². The summed E-state index contributed by atoms with van der Waals surface area (Å²) in [5.41, 5.74) is 0. The molecule has 0 radical (unpaired) electrons. The molecule has 0 aliphatic carbocycles. The smallest absolute Gasteiger partial charge is 0.434 e. The molecule has 0 aromatic heterocycles. The predicted octanol–water partition coefficient (Wildman–Crippen LogP) is 2.38. The summed E-state index contributed by atoms with van der Waals surface area (Å²) in [5, 5.41) is 0. The Morgan fingerprint density at radius 2 is 1.82 bits per heavy atom. The van der Waals surface area contributed by atoms with Gasteiger partial charge in [0.2, 0.25) is 0 Å². The maximum atomic E-state index is 11.0. The van der Waals surface area contributed by atoms with Crippen molar-refractivity contribution in [2.24, 2.45) is 0 Å². The van der Waals surface area contributed by atoms with E-state index >= 15 is 0 Å². The standard InChI is InChI=1S/C12H24O5/c1-4-6-7-16-12(13)17-9-8-15-10-11(5-2)14-3/h11H,4-10H2,1-3H3. The van der Waals surface area contributed by atoms with Gasteiger partial charge in [-0.15, -0.1) is 0 Å². The molecule has 0 bridgehead atoms. The molecule has 0 saturated carbocycles. The highest BCUT2D eigenvalue weighted by molar-refractivity contribution is 5.59. The van der Waals surface area contributed by atoms with Crippen molar-refractivity contribution in [2.45, 2.75) is 39.2 Å². The molecule has 0 aromatic carbocycles. The van der Waals surface area contributed by atoms with Crippen LogP contribution in [0.1, 0.15) is 33.1 Å². The third kappa shape index (κ3) is 10.1. The Bertz CT molecular complexity index is 180. The van der Waals surface area contributed by atoms with E-state index in [1.807, 2.05) is 13.8 Å². The number of carbonyl (C=O) groups excluding carboxylic acids is 1. The van der Waals surface area contributed by atoms with Crippen LogP contribution in [0, 0.1) is 0 Å². The van der Waals surface area contributed by atoms with E-state index in [9.17, 15) is 4.79 Å². The number of methoxy groups -OCH3 is 1. The summed E-state index contributed by atoms with van der Waals surface area (Å²) in [6.45, 7) is 5.56. The SMILES string of the molecule is CCCCOC(=O)OCCOCC(CC)OC. The third-order valence-electron chi connectivity index (χ3n) is 2.26. The molecule has 0 spiro atoms. The number of unbranched alkanes of at least 4 members (excludes halogenated alkanes) is 1. The molecular weight excluding hydrogens is 224 g/mol. The monoisotopic (exact) mass is 248 g/mol. The van der Waals surface area contributed by atoms with Gasteiger partial charge >= 0.3 is 6.16 Å². The van der Waals surface area contributed by atoms with Gasteiger partial charge in [-0.2, -0.15) is 0 Å². The van der Waals surface area contributed by atoms with E-state index in [4.69, 9.17) is 18.9 Å². The normalized spacial score (nSPS) is 12.2. The summed E-state index contributed by atoms with van der Waals surface area (Å²) >= 11 is 0. The van der Waals surface area contributed by atoms with Gasteiger partial charge in [-0.1, -0.05) is 20.3 Å². The van der Waals surface area contributed by atoms with E-state index in [-0.39, 0.29) is 12.7 Å². The molecule has 0 aliphatic heterocycles. The molecule has 1 unspecified atom stereocenters. The molecular formula is C12H24O5. The molecule has 1 atom stereocenters. The zero-order valence-electron chi connectivity index (χ0n) is 11.1. The fraction of sp³-hybridized carbons (Fsp3) is 0.917. The maximum absolute atomic E-state index is 11.0. The Hall–Kier alpha value is -0.810. The highest BCUT2D eigenvalue weighted by atomic mass is 16.7. The van der Waals surface area contributed by atoms with Gasteiger partial charge in [-0.05, 0) is 12.8 Å². The van der Waals surface area contributed by atoms with Gasteiger partial charge in [0.15, 0.2) is 0 Å². The van der Waals surface area contributed by atoms with E-state index < -0.39 is 6.16 Å². The van der Waals surface area contributed by atoms with Crippen molar-refractivity contribution >= 4 is 6.16 Å². The Morgan fingerprint density at radius 1 is 1.12 bits per heavy atom. The van der Waals surface area contributed by atoms with E-state index in [1.54, 1.807) is 7.11 Å². The minimum absolute atomic E-state index is 0.103. The minimum Gasteiger partial charge on any atom is -0.434 e. The van der Waals surface area contributed by atoms with E-state index in [0.29, 0.717) is 19.8 Å². The first-order valence-corrected chi connectivity index (χ1v) is 6.14. The quantitative estimate of drug-likeness (QED) is 0.439. The minimum atomic E-state index is -0.624. The van der Waals surface area contributed by atoms with Gasteiger partial charge < -0.3 is 18.9 Å². The first-order chi connectivity index (χ1) is 8.24. The molecule has 102 valence electrons. The lowest BCUT2D eigenvalue weighted by Gasteiger charge is -2.13. The topological polar surface area (TPSA) is 54.0 Å². The van der Waals surface area contributed by atoms with Crippen molar-refractivity contribution in [1.29, 1.82) is 0 Å². The lowest BCUT2D eigenvalue weighted by molar-refractivity contribution is -0.0146. The fourth-order valence-corrected chi connectivity index (χ4v) is 1.09. The van der Waals surface area contributed by atoms with Crippen LogP contribution in [0.2, 0.25) is 0 Å². The molecule has 0 saturated heterocycles. The highest BCUT2D eigenvalue weighted by Gasteiger charge is 2.05. The largest absolute Gasteiger partial charge is 0.508 e. The Balaban J connectivity index is 3.29. The predicted molar refractivity (Wildman–Crippen MR) is 64.1 cm³/mol. The fourth-order valence-electron chi connectivity index (χ4n) is 1.09. The van der Waals surface area contributed by atoms with Gasteiger partial charge in [0.1, 0.15) is 6.61 Å². The lowest BCUT2D eigenvalue weighted by Crippen LogP contribution is -2.19. The zero-order chi connectivity index (χ0) is 12.9. The molecule has 0 aliphatic rings. The zero-order valence-corrected chi connectivity index (χ0v) is 11.1. The van der Waals surface area contributed by atoms with Crippen molar-refractivity contribution in [3.05, 3.63) is 0 Å². The van der Waals surface area contributed by atoms with Gasteiger partial charge in [-0.3, -0.25) is 0 Å². The molecule has 0 amide bonds. The summed E-state index contributed by atoms with van der Waals surface area (Å²) in [4.78, 5) is 11.0. The van der Waals surface area contributed by atoms with Crippen molar-refractivity contribution in [3.63, 3.8) is 0 Å². The molecule has 5 nitrogen and oxygen atoms in total. The first-order valence-electron chi connectivity index (χ1n) is 6.14. The number of carbonyl (C=O) groups is 1. The number of hydrogen-bond donors (Lipinski definition) is 0. The van der Waals surface area contributed by atoms with Crippen LogP contribution >= 0.6 is 0 Å². The second kappa shape index (κ2) is 11.7. The van der Waals surface area contributed by atoms with Crippen molar-refractivity contribution in [2.75, 3.05) is 33.5 Å². The molecule has 17 heavy (non-hydrogen) atoms. The van der Waals surface area contributed by atoms with Crippen LogP contribution in [0.15, 0.2) is 0 Å². The molecule has 0 heterocycles. The van der Waals surface area contributed by atoms with Gasteiger partial charge in [0, 0.05) is 7.11 Å². The third-order valence-corrected chi connectivity index (χ3v) is 2.26. The highest BCUT2D eigenvalue weighted by Crippen LogP contribution is 1.97. The van der Waals surface area contributed by atoms with Crippen LogP contribution < -0.4 is 0 Å². The maximum Gasteiger partial charge on any atom is 0.508 e. The van der Waals surface area contributed by atoms with E-state index in [1.165, 1.54) is 0 Å². The second-order valence-electron chi connectivity index (χ2n) is 3.64. The molecule has 5 heteroatoms. The Kier molecular flexibility index (Phi) is 11.1. The van der Waals surface area contributed by atoms with E-state index in [0.717, 1.165) is 19.3 Å². The summed E-state index contributed by atoms with van der Waals surface area (Å²) < 4.78 is 20.1. The summed E-state index contributed by atoms with van der Waals surface area (Å²) in [6, 6.07) is 0. The van der Waals surface area contributed by atoms with Crippen molar-refractivity contribution in [1.82, 2.24) is 0 Å². The molecule has 0 rings (SSSR count). The number of hydrogen-bond acceptors (Lipinski definition) is 5. The van der Waals surface area contributed by atoms with Crippen molar-refractivity contribution in [3.8, 4) is 0 Å².